The lowest BCUT2D eigenvalue weighted by Gasteiger charge is -2.32. The molecular weight excluding hydrogens is 385 g/mol. The molecule has 0 radical (unpaired) electrons. The van der Waals surface area contributed by atoms with E-state index in [0.717, 1.165) is 25.9 Å². The smallest absolute Gasteiger partial charge is 0.253 e. The van der Waals surface area contributed by atoms with Gasteiger partial charge in [-0.2, -0.15) is 0 Å². The number of nitrogens with zero attached hydrogens (tertiary/aromatic N) is 1. The van der Waals surface area contributed by atoms with Crippen molar-refractivity contribution in [2.24, 2.45) is 5.92 Å². The van der Waals surface area contributed by atoms with Crippen LogP contribution in [0.3, 0.4) is 0 Å². The van der Waals surface area contributed by atoms with E-state index in [9.17, 15) is 9.59 Å². The summed E-state index contributed by atoms with van der Waals surface area (Å²) in [6.07, 6.45) is 1.62. The molecule has 2 N–H and O–H groups in total. The maximum atomic E-state index is 12.6. The fourth-order valence-electron chi connectivity index (χ4n) is 2.78. The van der Waals surface area contributed by atoms with Crippen molar-refractivity contribution in [3.05, 3.63) is 33.8 Å². The first-order valence-corrected chi connectivity index (χ1v) is 9.01. The van der Waals surface area contributed by atoms with Gasteiger partial charge in [0.05, 0.1) is 16.0 Å². The Balaban J connectivity index is 0.00000312. The number of rotatable bonds is 6. The summed E-state index contributed by atoms with van der Waals surface area (Å²) in [7, 11) is 0. The van der Waals surface area contributed by atoms with Crippen molar-refractivity contribution in [1.29, 1.82) is 0 Å². The molecule has 5 nitrogen and oxygen atoms in total. The van der Waals surface area contributed by atoms with Gasteiger partial charge in [0.1, 0.15) is 0 Å². The molecule has 8 heteroatoms. The molecule has 1 unspecified atom stereocenters. The second kappa shape index (κ2) is 10.9. The Kier molecular flexibility index (Phi) is 9.57. The predicted octanol–water partition coefficient (Wildman–Crippen LogP) is 2.99. The summed E-state index contributed by atoms with van der Waals surface area (Å²) >= 11 is 11.9. The minimum atomic E-state index is -0.160. The van der Waals surface area contributed by atoms with Crippen LogP contribution in [0.1, 0.15) is 30.1 Å². The highest BCUT2D eigenvalue weighted by Crippen LogP contribution is 2.25. The lowest BCUT2D eigenvalue weighted by atomic mass is 9.96. The Morgan fingerprint density at radius 3 is 2.68 bits per heavy atom. The van der Waals surface area contributed by atoms with Crippen LogP contribution in [0.5, 0.6) is 0 Å². The number of hydrogen-bond acceptors (Lipinski definition) is 3. The molecule has 0 spiro atoms. The number of hydrogen-bond donors (Lipinski definition) is 2. The molecule has 1 aromatic rings. The lowest BCUT2D eigenvalue weighted by molar-refractivity contribution is -0.126. The number of piperidine rings is 1. The molecule has 25 heavy (non-hydrogen) atoms. The Labute approximate surface area is 164 Å². The van der Waals surface area contributed by atoms with Gasteiger partial charge in [0.2, 0.25) is 5.91 Å². The standard InChI is InChI=1S/C17H23Cl2N3O2.ClH/c1-2-20-7-8-21-16(23)13-4-3-9-22(11-13)17(24)12-5-6-14(18)15(19)10-12;/h5-6,10,13,20H,2-4,7-9,11H2,1H3,(H,21,23);1H. The number of likely N-dealkylation sites (N-methyl/N-ethyl adjacent to an activating group) is 1. The van der Waals surface area contributed by atoms with Gasteiger partial charge in [-0.05, 0) is 37.6 Å². The summed E-state index contributed by atoms with van der Waals surface area (Å²) in [5.74, 6) is -0.259. The molecule has 1 heterocycles. The van der Waals surface area contributed by atoms with Crippen LogP contribution in [0.4, 0.5) is 0 Å². The Bertz CT molecular complexity index is 599. The van der Waals surface area contributed by atoms with Crippen molar-refractivity contribution in [1.82, 2.24) is 15.5 Å². The van der Waals surface area contributed by atoms with E-state index in [1.807, 2.05) is 6.92 Å². The summed E-state index contributed by atoms with van der Waals surface area (Å²) in [5.41, 5.74) is 0.498. The van der Waals surface area contributed by atoms with Gasteiger partial charge < -0.3 is 15.5 Å². The molecule has 1 fully saturated rings. The molecule has 1 aliphatic rings. The van der Waals surface area contributed by atoms with Crippen LogP contribution in [0, 0.1) is 5.92 Å². The molecule has 140 valence electrons. The summed E-state index contributed by atoms with van der Waals surface area (Å²) in [5, 5.41) is 6.87. The minimum Gasteiger partial charge on any atom is -0.355 e. The van der Waals surface area contributed by atoms with E-state index >= 15 is 0 Å². The Hall–Kier alpha value is -1.01. The van der Waals surface area contributed by atoms with Gasteiger partial charge in [0.25, 0.3) is 5.91 Å². The molecule has 2 rings (SSSR count). The average Bonchev–Trinajstić information content (AvgIpc) is 2.60. The van der Waals surface area contributed by atoms with Gasteiger partial charge in [-0.3, -0.25) is 9.59 Å². The largest absolute Gasteiger partial charge is 0.355 e. The molecule has 1 saturated heterocycles. The summed E-state index contributed by atoms with van der Waals surface area (Å²) in [6.45, 7) is 5.35. The SMILES string of the molecule is CCNCCNC(=O)C1CCCN(C(=O)c2ccc(Cl)c(Cl)c2)C1.Cl. The van der Waals surface area contributed by atoms with Crippen molar-refractivity contribution in [3.63, 3.8) is 0 Å². The van der Waals surface area contributed by atoms with Crippen LogP contribution < -0.4 is 10.6 Å². The monoisotopic (exact) mass is 407 g/mol. The predicted molar refractivity (Wildman–Crippen MR) is 104 cm³/mol. The van der Waals surface area contributed by atoms with E-state index in [4.69, 9.17) is 23.2 Å². The molecule has 0 aliphatic carbocycles. The van der Waals surface area contributed by atoms with Crippen LogP contribution >= 0.6 is 35.6 Å². The van der Waals surface area contributed by atoms with E-state index in [0.29, 0.717) is 35.2 Å². The van der Waals surface area contributed by atoms with Crippen LogP contribution in [-0.2, 0) is 4.79 Å². The summed E-state index contributed by atoms with van der Waals surface area (Å²) in [6, 6.07) is 4.86. The number of halogens is 3. The highest BCUT2D eigenvalue weighted by molar-refractivity contribution is 6.42. The number of amides is 2. The van der Waals surface area contributed by atoms with Crippen LogP contribution in [0.25, 0.3) is 0 Å². The van der Waals surface area contributed by atoms with Crippen molar-refractivity contribution < 1.29 is 9.59 Å². The highest BCUT2D eigenvalue weighted by atomic mass is 35.5. The van der Waals surface area contributed by atoms with Crippen LogP contribution in [-0.4, -0.2) is 49.4 Å². The third-order valence-electron chi connectivity index (χ3n) is 4.10. The summed E-state index contributed by atoms with van der Waals surface area (Å²) < 4.78 is 0. The molecule has 0 aromatic heterocycles. The van der Waals surface area contributed by atoms with Crippen LogP contribution in [0.2, 0.25) is 10.0 Å². The first-order valence-electron chi connectivity index (χ1n) is 8.25. The zero-order chi connectivity index (χ0) is 17.5. The van der Waals surface area contributed by atoms with Crippen molar-refractivity contribution >= 4 is 47.4 Å². The second-order valence-corrected chi connectivity index (χ2v) is 6.68. The third kappa shape index (κ3) is 6.33. The van der Waals surface area contributed by atoms with Gasteiger partial charge >= 0.3 is 0 Å². The average molecular weight is 409 g/mol. The minimum absolute atomic E-state index is 0. The molecule has 1 atom stereocenters. The molecule has 0 bridgehead atoms. The van der Waals surface area contributed by atoms with Crippen molar-refractivity contribution in [2.75, 3.05) is 32.7 Å². The maximum absolute atomic E-state index is 12.6. The number of benzene rings is 1. The number of carbonyl (C=O) groups excluding carboxylic acids is 2. The molecule has 0 saturated carbocycles. The van der Waals surface area contributed by atoms with Gasteiger partial charge in [-0.15, -0.1) is 12.4 Å². The number of likely N-dealkylation sites (tertiary alicyclic amines) is 1. The van der Waals surface area contributed by atoms with Crippen molar-refractivity contribution in [2.45, 2.75) is 19.8 Å². The topological polar surface area (TPSA) is 61.4 Å². The van der Waals surface area contributed by atoms with Gasteiger partial charge in [0, 0.05) is 31.7 Å². The first kappa shape index (κ1) is 22.0. The Morgan fingerprint density at radius 1 is 1.24 bits per heavy atom. The van der Waals surface area contributed by atoms with Gasteiger partial charge in [-0.25, -0.2) is 0 Å². The zero-order valence-electron chi connectivity index (χ0n) is 14.2. The van der Waals surface area contributed by atoms with E-state index in [1.165, 1.54) is 0 Å². The molecule has 2 amide bonds. The van der Waals surface area contributed by atoms with Crippen LogP contribution in [0.15, 0.2) is 18.2 Å². The molecule has 1 aliphatic heterocycles. The van der Waals surface area contributed by atoms with E-state index in [2.05, 4.69) is 10.6 Å². The lowest BCUT2D eigenvalue weighted by Crippen LogP contribution is -2.46. The Morgan fingerprint density at radius 2 is 2.00 bits per heavy atom. The fraction of sp³-hybridized carbons (Fsp3) is 0.529. The van der Waals surface area contributed by atoms with Crippen molar-refractivity contribution in [3.8, 4) is 0 Å². The van der Waals surface area contributed by atoms with Gasteiger partial charge in [0.15, 0.2) is 0 Å². The summed E-state index contributed by atoms with van der Waals surface area (Å²) in [4.78, 5) is 26.6. The van der Waals surface area contributed by atoms with E-state index in [-0.39, 0.29) is 30.1 Å². The zero-order valence-corrected chi connectivity index (χ0v) is 16.5. The third-order valence-corrected chi connectivity index (χ3v) is 4.84. The normalized spacial score (nSPS) is 16.9. The van der Waals surface area contributed by atoms with E-state index in [1.54, 1.807) is 23.1 Å². The maximum Gasteiger partial charge on any atom is 0.253 e. The molecular formula is C17H24Cl3N3O2. The fourth-order valence-corrected chi connectivity index (χ4v) is 3.08. The first-order chi connectivity index (χ1) is 11.5. The number of nitrogens with one attached hydrogen (secondary N) is 2. The quantitative estimate of drug-likeness (QED) is 0.711. The highest BCUT2D eigenvalue weighted by Gasteiger charge is 2.28. The second-order valence-electron chi connectivity index (χ2n) is 5.86. The number of carbonyl (C=O) groups is 2. The molecule has 1 aromatic carbocycles. The van der Waals surface area contributed by atoms with Gasteiger partial charge in [-0.1, -0.05) is 30.1 Å². The van der Waals surface area contributed by atoms with E-state index < -0.39 is 0 Å².